The molecule has 0 bridgehead atoms. The third-order valence-electron chi connectivity index (χ3n) is 2.63. The summed E-state index contributed by atoms with van der Waals surface area (Å²) in [6.45, 7) is 10.8. The van der Waals surface area contributed by atoms with E-state index in [1.54, 1.807) is 6.33 Å². The Labute approximate surface area is 120 Å². The van der Waals surface area contributed by atoms with Crippen LogP contribution in [0.4, 0.5) is 4.79 Å². The maximum absolute atomic E-state index is 11.7. The van der Waals surface area contributed by atoms with Crippen LogP contribution in [-0.4, -0.2) is 33.3 Å². The van der Waals surface area contributed by atoms with Crippen LogP contribution in [0.2, 0.25) is 0 Å². The number of alkyl carbamates (subject to hydrolysis) is 1. The normalized spacial score (nSPS) is 12.3. The predicted octanol–water partition coefficient (Wildman–Crippen LogP) is 1.81. The van der Waals surface area contributed by atoms with Crippen LogP contribution in [0.1, 0.15) is 40.3 Å². The summed E-state index contributed by atoms with van der Waals surface area (Å²) < 4.78 is 7.21. The van der Waals surface area contributed by atoms with Gasteiger partial charge in [-0.3, -0.25) is 0 Å². The van der Waals surface area contributed by atoms with Gasteiger partial charge in [-0.15, -0.1) is 0 Å². The lowest BCUT2D eigenvalue weighted by atomic mass is 10.1. The van der Waals surface area contributed by atoms with Gasteiger partial charge >= 0.3 is 6.09 Å². The minimum Gasteiger partial charge on any atom is -0.444 e. The van der Waals surface area contributed by atoms with Crippen molar-refractivity contribution < 1.29 is 9.53 Å². The van der Waals surface area contributed by atoms with Gasteiger partial charge in [-0.1, -0.05) is 0 Å². The number of carbonyl (C=O) groups is 1. The summed E-state index contributed by atoms with van der Waals surface area (Å²) in [4.78, 5) is 15.8. The standard InChI is InChI=1S/C14H26N4O2/c1-13(2,3)20-12(19)17-14(4,5)9-15-7-11-8-16-10-18(11)6/h8,10,15H,7,9H2,1-6H3,(H,17,19). The number of rotatable bonds is 5. The Bertz CT molecular complexity index is 446. The van der Waals surface area contributed by atoms with Gasteiger partial charge in [0, 0.05) is 26.3 Å². The Morgan fingerprint density at radius 3 is 2.50 bits per heavy atom. The SMILES string of the molecule is Cn1cncc1CNCC(C)(C)NC(=O)OC(C)(C)C. The fourth-order valence-corrected chi connectivity index (χ4v) is 1.68. The number of aromatic nitrogens is 2. The average molecular weight is 282 g/mol. The molecule has 1 aromatic heterocycles. The fourth-order valence-electron chi connectivity index (χ4n) is 1.68. The summed E-state index contributed by atoms with van der Waals surface area (Å²) in [6.07, 6.45) is 3.19. The Kier molecular flexibility index (Phi) is 5.16. The van der Waals surface area contributed by atoms with E-state index in [1.165, 1.54) is 0 Å². The number of hydrogen-bond acceptors (Lipinski definition) is 4. The number of hydrogen-bond donors (Lipinski definition) is 2. The maximum atomic E-state index is 11.7. The second-order valence-electron chi connectivity index (χ2n) is 6.61. The van der Waals surface area contributed by atoms with E-state index in [0.29, 0.717) is 13.1 Å². The predicted molar refractivity (Wildman–Crippen MR) is 78.4 cm³/mol. The molecule has 0 atom stereocenters. The van der Waals surface area contributed by atoms with Crippen molar-refractivity contribution in [3.8, 4) is 0 Å². The van der Waals surface area contributed by atoms with Crippen LogP contribution in [0.15, 0.2) is 12.5 Å². The highest BCUT2D eigenvalue weighted by Gasteiger charge is 2.24. The second-order valence-corrected chi connectivity index (χ2v) is 6.61. The number of nitrogens with one attached hydrogen (secondary N) is 2. The molecule has 1 heterocycles. The van der Waals surface area contributed by atoms with Crippen molar-refractivity contribution in [2.45, 2.75) is 52.3 Å². The summed E-state index contributed by atoms with van der Waals surface area (Å²) in [6, 6.07) is 0. The molecule has 1 rings (SSSR count). The van der Waals surface area contributed by atoms with Crippen LogP contribution in [0.25, 0.3) is 0 Å². The van der Waals surface area contributed by atoms with Crippen LogP contribution in [0.5, 0.6) is 0 Å². The number of aryl methyl sites for hydroxylation is 1. The topological polar surface area (TPSA) is 68.2 Å². The van der Waals surface area contributed by atoms with E-state index in [-0.39, 0.29) is 5.54 Å². The van der Waals surface area contributed by atoms with Gasteiger partial charge in [0.15, 0.2) is 0 Å². The first-order valence-corrected chi connectivity index (χ1v) is 6.76. The second kappa shape index (κ2) is 6.26. The van der Waals surface area contributed by atoms with E-state index in [1.807, 2.05) is 52.4 Å². The molecular formula is C14H26N4O2. The van der Waals surface area contributed by atoms with Crippen LogP contribution in [-0.2, 0) is 18.3 Å². The largest absolute Gasteiger partial charge is 0.444 e. The first-order valence-electron chi connectivity index (χ1n) is 6.76. The summed E-state index contributed by atoms with van der Waals surface area (Å²) in [7, 11) is 1.95. The molecule has 0 aliphatic carbocycles. The zero-order valence-corrected chi connectivity index (χ0v) is 13.3. The lowest BCUT2D eigenvalue weighted by Gasteiger charge is -2.29. The lowest BCUT2D eigenvalue weighted by molar-refractivity contribution is 0.0472. The molecule has 0 unspecified atom stereocenters. The van der Waals surface area contributed by atoms with Gasteiger partial charge < -0.3 is 19.9 Å². The van der Waals surface area contributed by atoms with E-state index < -0.39 is 11.7 Å². The molecule has 0 saturated carbocycles. The highest BCUT2D eigenvalue weighted by atomic mass is 16.6. The van der Waals surface area contributed by atoms with Crippen molar-refractivity contribution in [1.29, 1.82) is 0 Å². The van der Waals surface area contributed by atoms with Crippen molar-refractivity contribution >= 4 is 6.09 Å². The molecule has 0 fully saturated rings. The van der Waals surface area contributed by atoms with Gasteiger partial charge in [-0.25, -0.2) is 9.78 Å². The molecule has 0 aliphatic rings. The molecule has 20 heavy (non-hydrogen) atoms. The smallest absolute Gasteiger partial charge is 0.408 e. The average Bonchev–Trinajstić information content (AvgIpc) is 2.60. The molecule has 0 radical (unpaired) electrons. The zero-order valence-electron chi connectivity index (χ0n) is 13.3. The Hall–Kier alpha value is -1.56. The molecular weight excluding hydrogens is 256 g/mol. The van der Waals surface area contributed by atoms with E-state index in [0.717, 1.165) is 5.69 Å². The highest BCUT2D eigenvalue weighted by Crippen LogP contribution is 2.09. The molecule has 1 aromatic rings. The van der Waals surface area contributed by atoms with Crippen molar-refractivity contribution in [3.63, 3.8) is 0 Å². The number of imidazole rings is 1. The minimum absolute atomic E-state index is 0.388. The summed E-state index contributed by atoms with van der Waals surface area (Å²) in [5.41, 5.74) is 0.224. The van der Waals surface area contributed by atoms with Crippen molar-refractivity contribution in [1.82, 2.24) is 20.2 Å². The quantitative estimate of drug-likeness (QED) is 0.864. The zero-order chi connectivity index (χ0) is 15.4. The Balaban J connectivity index is 2.38. The summed E-state index contributed by atoms with van der Waals surface area (Å²) in [5.74, 6) is 0. The van der Waals surface area contributed by atoms with Gasteiger partial charge in [-0.2, -0.15) is 0 Å². The Morgan fingerprint density at radius 2 is 2.00 bits per heavy atom. The summed E-state index contributed by atoms with van der Waals surface area (Å²) >= 11 is 0. The third kappa shape index (κ3) is 6.06. The van der Waals surface area contributed by atoms with Gasteiger partial charge in [0.1, 0.15) is 5.60 Å². The van der Waals surface area contributed by atoms with Gasteiger partial charge in [-0.05, 0) is 34.6 Å². The number of carbonyl (C=O) groups excluding carboxylic acids is 1. The van der Waals surface area contributed by atoms with Crippen molar-refractivity contribution in [3.05, 3.63) is 18.2 Å². The van der Waals surface area contributed by atoms with Crippen LogP contribution < -0.4 is 10.6 Å². The third-order valence-corrected chi connectivity index (χ3v) is 2.63. The number of ether oxygens (including phenoxy) is 1. The molecule has 0 aliphatic heterocycles. The highest BCUT2D eigenvalue weighted by molar-refractivity contribution is 5.68. The van der Waals surface area contributed by atoms with Crippen LogP contribution in [0.3, 0.4) is 0 Å². The van der Waals surface area contributed by atoms with E-state index >= 15 is 0 Å². The number of nitrogens with zero attached hydrogens (tertiary/aromatic N) is 2. The number of amides is 1. The van der Waals surface area contributed by atoms with E-state index in [9.17, 15) is 4.79 Å². The first-order chi connectivity index (χ1) is 9.09. The molecule has 6 heteroatoms. The molecule has 1 amide bonds. The lowest BCUT2D eigenvalue weighted by Crippen LogP contribution is -2.51. The van der Waals surface area contributed by atoms with E-state index in [2.05, 4.69) is 15.6 Å². The fraction of sp³-hybridized carbons (Fsp3) is 0.714. The maximum Gasteiger partial charge on any atom is 0.408 e. The van der Waals surface area contributed by atoms with E-state index in [4.69, 9.17) is 4.74 Å². The van der Waals surface area contributed by atoms with Crippen molar-refractivity contribution in [2.24, 2.45) is 7.05 Å². The van der Waals surface area contributed by atoms with Gasteiger partial charge in [0.25, 0.3) is 0 Å². The van der Waals surface area contributed by atoms with Gasteiger partial charge in [0.2, 0.25) is 0 Å². The van der Waals surface area contributed by atoms with Crippen LogP contribution >= 0.6 is 0 Å². The molecule has 0 spiro atoms. The van der Waals surface area contributed by atoms with Crippen LogP contribution in [0, 0.1) is 0 Å². The molecule has 0 aromatic carbocycles. The monoisotopic (exact) mass is 282 g/mol. The molecule has 114 valence electrons. The molecule has 2 N–H and O–H groups in total. The minimum atomic E-state index is -0.484. The molecule has 0 saturated heterocycles. The van der Waals surface area contributed by atoms with Crippen molar-refractivity contribution in [2.75, 3.05) is 6.54 Å². The van der Waals surface area contributed by atoms with Gasteiger partial charge in [0.05, 0.1) is 17.6 Å². The molecule has 6 nitrogen and oxygen atoms in total. The summed E-state index contributed by atoms with van der Waals surface area (Å²) in [5, 5.41) is 6.17. The first kappa shape index (κ1) is 16.5. The Morgan fingerprint density at radius 1 is 1.35 bits per heavy atom.